The van der Waals surface area contributed by atoms with Crippen LogP contribution in [0.5, 0.6) is 0 Å². The van der Waals surface area contributed by atoms with Crippen molar-refractivity contribution < 1.29 is 16.8 Å². The molecule has 0 saturated heterocycles. The van der Waals surface area contributed by atoms with Crippen LogP contribution in [0.4, 0.5) is 0 Å². The number of benzene rings is 2. The third-order valence-corrected chi connectivity index (χ3v) is 11.1. The Morgan fingerprint density at radius 2 is 1.17 bits per heavy atom. The Morgan fingerprint density at radius 1 is 0.683 bits per heavy atom. The predicted molar refractivity (Wildman–Crippen MR) is 169 cm³/mol. The standard InChI is InChI=1S/C30H46N4O4S3/c1-3-4-5-6-7-8-9-10-11-12-13-14-15-18-25-31-40(35,36)26-21-23-27(24-22-26)41(37,38)33-32-30-34(2)28-19-16-17-20-29(28)39-30/h16-17,19-24,31,33H,3-15,18,25H2,1-2H3. The van der Waals surface area contributed by atoms with Crippen LogP contribution in [0.1, 0.15) is 96.8 Å². The Morgan fingerprint density at radius 3 is 1.71 bits per heavy atom. The molecule has 0 amide bonds. The number of sulfonamides is 2. The Labute approximate surface area is 250 Å². The first-order valence-electron chi connectivity index (χ1n) is 14.9. The van der Waals surface area contributed by atoms with Gasteiger partial charge in [0.05, 0.1) is 20.0 Å². The first-order valence-corrected chi connectivity index (χ1v) is 18.7. The van der Waals surface area contributed by atoms with E-state index in [4.69, 9.17) is 0 Å². The van der Waals surface area contributed by atoms with Crippen LogP contribution in [-0.2, 0) is 27.1 Å². The average molecular weight is 623 g/mol. The molecule has 0 aliphatic heterocycles. The molecule has 0 unspecified atom stereocenters. The van der Waals surface area contributed by atoms with Gasteiger partial charge in [0.15, 0.2) is 0 Å². The molecule has 228 valence electrons. The predicted octanol–water partition coefficient (Wildman–Crippen LogP) is 6.79. The summed E-state index contributed by atoms with van der Waals surface area (Å²) in [5.74, 6) is 0. The molecule has 0 aliphatic carbocycles. The van der Waals surface area contributed by atoms with Crippen molar-refractivity contribution in [3.05, 3.63) is 53.3 Å². The van der Waals surface area contributed by atoms with Crippen molar-refractivity contribution in [1.82, 2.24) is 14.1 Å². The molecule has 0 aliphatic rings. The molecule has 8 nitrogen and oxygen atoms in total. The molecule has 0 saturated carbocycles. The van der Waals surface area contributed by atoms with Crippen molar-refractivity contribution in [2.45, 2.75) is 107 Å². The van der Waals surface area contributed by atoms with Gasteiger partial charge in [-0.05, 0) is 42.8 Å². The van der Waals surface area contributed by atoms with E-state index in [1.54, 1.807) is 0 Å². The highest BCUT2D eigenvalue weighted by Gasteiger charge is 2.17. The maximum absolute atomic E-state index is 12.7. The first-order chi connectivity index (χ1) is 19.7. The summed E-state index contributed by atoms with van der Waals surface area (Å²) in [7, 11) is -5.85. The second-order valence-electron chi connectivity index (χ2n) is 10.6. The number of hydrogen-bond donors (Lipinski definition) is 2. The van der Waals surface area contributed by atoms with Crippen LogP contribution in [0.3, 0.4) is 0 Å². The monoisotopic (exact) mass is 622 g/mol. The van der Waals surface area contributed by atoms with Crippen LogP contribution >= 0.6 is 11.3 Å². The Bertz CT molecular complexity index is 1480. The molecule has 1 aromatic heterocycles. The molecule has 3 aromatic rings. The number of rotatable bonds is 20. The van der Waals surface area contributed by atoms with Crippen LogP contribution < -0.4 is 14.4 Å². The number of aromatic nitrogens is 1. The number of fused-ring (bicyclic) bond motifs is 1. The molecule has 11 heteroatoms. The third-order valence-electron chi connectivity index (χ3n) is 7.24. The van der Waals surface area contributed by atoms with E-state index in [1.165, 1.54) is 106 Å². The third kappa shape index (κ3) is 10.9. The van der Waals surface area contributed by atoms with Crippen LogP contribution in [-0.4, -0.2) is 27.9 Å². The highest BCUT2D eigenvalue weighted by Crippen LogP contribution is 2.17. The molecule has 3 rings (SSSR count). The highest BCUT2D eigenvalue weighted by atomic mass is 32.2. The molecule has 2 aromatic carbocycles. The first kappa shape index (κ1) is 33.3. The van der Waals surface area contributed by atoms with Gasteiger partial charge < -0.3 is 4.57 Å². The highest BCUT2D eigenvalue weighted by molar-refractivity contribution is 7.90. The Hall–Kier alpha value is -2.21. The summed E-state index contributed by atoms with van der Waals surface area (Å²) in [4.78, 5) is 2.74. The van der Waals surface area contributed by atoms with E-state index in [0.717, 1.165) is 29.5 Å². The summed E-state index contributed by atoms with van der Waals surface area (Å²) in [6.45, 7) is 2.62. The molecule has 2 N–H and O–H groups in total. The van der Waals surface area contributed by atoms with Gasteiger partial charge in [-0.25, -0.2) is 13.1 Å². The van der Waals surface area contributed by atoms with Crippen LogP contribution in [0, 0.1) is 0 Å². The molecular weight excluding hydrogens is 577 g/mol. The van der Waals surface area contributed by atoms with Gasteiger partial charge in [-0.3, -0.25) is 0 Å². The number of unbranched alkanes of at least 4 members (excludes halogenated alkanes) is 13. The minimum Gasteiger partial charge on any atom is -0.318 e. The molecule has 1 heterocycles. The zero-order chi connectivity index (χ0) is 29.6. The number of para-hydroxylation sites is 1. The van der Waals surface area contributed by atoms with E-state index < -0.39 is 20.0 Å². The fraction of sp³-hybridized carbons (Fsp3) is 0.567. The molecule has 0 spiro atoms. The summed E-state index contributed by atoms with van der Waals surface area (Å²) in [6.07, 6.45) is 17.5. The molecule has 0 atom stereocenters. The van der Waals surface area contributed by atoms with Crippen molar-refractivity contribution in [3.8, 4) is 0 Å². The lowest BCUT2D eigenvalue weighted by molar-refractivity contribution is 0.533. The van der Waals surface area contributed by atoms with E-state index in [1.807, 2.05) is 35.9 Å². The minimum atomic E-state index is -3.96. The summed E-state index contributed by atoms with van der Waals surface area (Å²) >= 11 is 1.37. The number of thiazole rings is 1. The maximum Gasteiger partial charge on any atom is 0.276 e. The number of hydrogen-bond acceptors (Lipinski definition) is 6. The van der Waals surface area contributed by atoms with Crippen molar-refractivity contribution in [1.29, 1.82) is 0 Å². The van der Waals surface area contributed by atoms with Crippen molar-refractivity contribution in [2.24, 2.45) is 12.1 Å². The van der Waals surface area contributed by atoms with Gasteiger partial charge in [-0.2, -0.15) is 13.2 Å². The van der Waals surface area contributed by atoms with Crippen LogP contribution in [0.25, 0.3) is 10.2 Å². The van der Waals surface area contributed by atoms with E-state index in [-0.39, 0.29) is 9.79 Å². The second kappa shape index (κ2) is 17.0. The van der Waals surface area contributed by atoms with Crippen molar-refractivity contribution in [2.75, 3.05) is 6.54 Å². The number of nitrogens with one attached hydrogen (secondary N) is 2. The zero-order valence-corrected chi connectivity index (χ0v) is 26.9. The summed E-state index contributed by atoms with van der Waals surface area (Å²) in [5, 5.41) is 4.08. The van der Waals surface area contributed by atoms with Crippen LogP contribution in [0.2, 0.25) is 0 Å². The average Bonchev–Trinajstić information content (AvgIpc) is 3.29. The quantitative estimate of drug-likeness (QED) is 0.107. The lowest BCUT2D eigenvalue weighted by Crippen LogP contribution is -2.25. The van der Waals surface area contributed by atoms with E-state index >= 15 is 0 Å². The number of aryl methyl sites for hydroxylation is 1. The van der Waals surface area contributed by atoms with Gasteiger partial charge in [-0.1, -0.05) is 114 Å². The topological polar surface area (TPSA) is 110 Å². The normalized spacial score (nSPS) is 12.8. The smallest absolute Gasteiger partial charge is 0.276 e. The van der Waals surface area contributed by atoms with Gasteiger partial charge >= 0.3 is 0 Å². The largest absolute Gasteiger partial charge is 0.318 e. The van der Waals surface area contributed by atoms with Gasteiger partial charge in [-0.15, -0.1) is 5.10 Å². The number of nitrogens with zero attached hydrogens (tertiary/aromatic N) is 2. The summed E-state index contributed by atoms with van der Waals surface area (Å²) in [5.41, 5.74) is 0.951. The molecule has 0 fully saturated rings. The minimum absolute atomic E-state index is 0.0367. The lowest BCUT2D eigenvalue weighted by Gasteiger charge is -2.08. The Balaban J connectivity index is 1.35. The fourth-order valence-electron chi connectivity index (χ4n) is 4.75. The van der Waals surface area contributed by atoms with E-state index in [0.29, 0.717) is 11.3 Å². The molecule has 41 heavy (non-hydrogen) atoms. The molecular formula is C30H46N4O4S3. The summed E-state index contributed by atoms with van der Waals surface area (Å²) < 4.78 is 56.3. The molecule has 0 bridgehead atoms. The SMILES string of the molecule is CCCCCCCCCCCCCCCCNS(=O)(=O)c1ccc(S(=O)(=O)NN=c2sc3ccccc3n2C)cc1. The van der Waals surface area contributed by atoms with Gasteiger partial charge in [0.2, 0.25) is 14.8 Å². The van der Waals surface area contributed by atoms with Gasteiger partial charge in [0.25, 0.3) is 10.0 Å². The van der Waals surface area contributed by atoms with E-state index in [2.05, 4.69) is 21.6 Å². The summed E-state index contributed by atoms with van der Waals surface area (Å²) in [6, 6.07) is 12.9. The Kier molecular flexibility index (Phi) is 13.8. The van der Waals surface area contributed by atoms with Gasteiger partial charge in [0, 0.05) is 13.6 Å². The maximum atomic E-state index is 12.7. The van der Waals surface area contributed by atoms with Crippen molar-refractivity contribution in [3.63, 3.8) is 0 Å². The second-order valence-corrected chi connectivity index (χ2v) is 15.0. The lowest BCUT2D eigenvalue weighted by atomic mass is 10.0. The zero-order valence-electron chi connectivity index (χ0n) is 24.5. The van der Waals surface area contributed by atoms with E-state index in [9.17, 15) is 16.8 Å². The fourth-order valence-corrected chi connectivity index (χ4v) is 7.67. The van der Waals surface area contributed by atoms with Crippen LogP contribution in [0.15, 0.2) is 63.4 Å². The van der Waals surface area contributed by atoms with Gasteiger partial charge in [0.1, 0.15) is 0 Å². The van der Waals surface area contributed by atoms with Crippen molar-refractivity contribution >= 4 is 41.6 Å². The molecule has 0 radical (unpaired) electrons.